The molecular weight excluding hydrogens is 242 g/mol. The zero-order valence-electron chi connectivity index (χ0n) is 9.71. The lowest BCUT2D eigenvalue weighted by atomic mass is 10.3. The van der Waals surface area contributed by atoms with E-state index in [0.29, 0.717) is 17.2 Å². The number of hydrogen-bond acceptors (Lipinski definition) is 5. The van der Waals surface area contributed by atoms with Crippen LogP contribution in [-0.4, -0.2) is 42.0 Å². The summed E-state index contributed by atoms with van der Waals surface area (Å²) in [5.41, 5.74) is 5.39. The summed E-state index contributed by atoms with van der Waals surface area (Å²) in [6, 6.07) is 1.73. The van der Waals surface area contributed by atoms with Crippen molar-refractivity contribution in [2.75, 3.05) is 20.2 Å². The molecule has 1 heterocycles. The van der Waals surface area contributed by atoms with Gasteiger partial charge in [0.05, 0.1) is 13.7 Å². The highest BCUT2D eigenvalue weighted by atomic mass is 32.1. The van der Waals surface area contributed by atoms with Crippen molar-refractivity contribution in [3.8, 4) is 5.75 Å². The largest absolute Gasteiger partial charge is 0.495 e. The van der Waals surface area contributed by atoms with E-state index in [0.717, 1.165) is 0 Å². The van der Waals surface area contributed by atoms with E-state index in [-0.39, 0.29) is 18.3 Å². The third-order valence-corrected chi connectivity index (χ3v) is 3.08. The van der Waals surface area contributed by atoms with Crippen molar-refractivity contribution in [3.05, 3.63) is 16.3 Å². The van der Waals surface area contributed by atoms with E-state index in [9.17, 15) is 4.79 Å². The summed E-state index contributed by atoms with van der Waals surface area (Å²) in [5.74, 6) is 0.347. The molecule has 0 aliphatic rings. The number of carbonyl (C=O) groups excluding carboxylic acids is 1. The van der Waals surface area contributed by atoms with Gasteiger partial charge in [0.1, 0.15) is 10.6 Å². The fraction of sp³-hybridized carbons (Fsp3) is 0.400. The lowest BCUT2D eigenvalue weighted by Gasteiger charge is -2.19. The second-order valence-electron chi connectivity index (χ2n) is 3.23. The van der Waals surface area contributed by atoms with Crippen LogP contribution in [0.2, 0.25) is 0 Å². The maximum absolute atomic E-state index is 12.1. The van der Waals surface area contributed by atoms with E-state index in [1.54, 1.807) is 11.4 Å². The molecule has 7 heteroatoms. The smallest absolute Gasteiger partial charge is 0.268 e. The van der Waals surface area contributed by atoms with Crippen LogP contribution in [0.4, 0.5) is 0 Å². The van der Waals surface area contributed by atoms with Gasteiger partial charge >= 0.3 is 0 Å². The molecule has 0 radical (unpaired) electrons. The molecule has 1 amide bonds. The third kappa shape index (κ3) is 3.10. The second-order valence-corrected chi connectivity index (χ2v) is 4.14. The highest BCUT2D eigenvalue weighted by Crippen LogP contribution is 2.25. The van der Waals surface area contributed by atoms with Crippen LogP contribution in [0.15, 0.2) is 16.6 Å². The molecule has 0 atom stereocenters. The molecule has 0 spiro atoms. The molecule has 17 heavy (non-hydrogen) atoms. The van der Waals surface area contributed by atoms with Crippen LogP contribution in [-0.2, 0) is 0 Å². The summed E-state index contributed by atoms with van der Waals surface area (Å²) in [6.07, 6.45) is 0. The van der Waals surface area contributed by atoms with Crippen LogP contribution in [0.25, 0.3) is 0 Å². The molecule has 0 saturated heterocycles. The zero-order chi connectivity index (χ0) is 12.8. The van der Waals surface area contributed by atoms with Crippen molar-refractivity contribution >= 4 is 23.1 Å². The van der Waals surface area contributed by atoms with Crippen LogP contribution in [0.3, 0.4) is 0 Å². The summed E-state index contributed by atoms with van der Waals surface area (Å²) in [6.45, 7) is 2.38. The minimum absolute atomic E-state index is 0.00396. The number of nitrogens with zero attached hydrogens (tertiary/aromatic N) is 2. The van der Waals surface area contributed by atoms with E-state index in [1.165, 1.54) is 23.3 Å². The van der Waals surface area contributed by atoms with Gasteiger partial charge in [0, 0.05) is 6.54 Å². The monoisotopic (exact) mass is 257 g/mol. The predicted molar refractivity (Wildman–Crippen MR) is 65.9 cm³/mol. The van der Waals surface area contributed by atoms with Gasteiger partial charge in [0.15, 0.2) is 5.84 Å². The molecule has 0 unspecified atom stereocenters. The van der Waals surface area contributed by atoms with Gasteiger partial charge in [-0.25, -0.2) is 0 Å². The fourth-order valence-electron chi connectivity index (χ4n) is 1.31. The minimum atomic E-state index is -0.189. The van der Waals surface area contributed by atoms with Crippen molar-refractivity contribution in [2.24, 2.45) is 10.9 Å². The molecule has 0 fully saturated rings. The first-order valence-corrected chi connectivity index (χ1v) is 5.89. The van der Waals surface area contributed by atoms with Gasteiger partial charge in [-0.15, -0.1) is 11.3 Å². The third-order valence-electron chi connectivity index (χ3n) is 2.19. The molecule has 1 aromatic heterocycles. The minimum Gasteiger partial charge on any atom is -0.495 e. The summed E-state index contributed by atoms with van der Waals surface area (Å²) in [7, 11) is 1.51. The molecule has 6 nitrogen and oxygen atoms in total. The number of amidine groups is 1. The molecule has 0 saturated carbocycles. The normalized spacial score (nSPS) is 11.3. The van der Waals surface area contributed by atoms with Crippen LogP contribution >= 0.6 is 11.3 Å². The number of hydrogen-bond donors (Lipinski definition) is 2. The first-order valence-electron chi connectivity index (χ1n) is 5.01. The van der Waals surface area contributed by atoms with E-state index >= 15 is 0 Å². The Morgan fingerprint density at radius 3 is 2.94 bits per heavy atom. The van der Waals surface area contributed by atoms with Crippen molar-refractivity contribution in [1.82, 2.24) is 4.90 Å². The van der Waals surface area contributed by atoms with Crippen LogP contribution in [0, 0.1) is 0 Å². The Morgan fingerprint density at radius 2 is 2.41 bits per heavy atom. The number of ether oxygens (including phenoxy) is 1. The van der Waals surface area contributed by atoms with E-state index in [1.807, 2.05) is 6.92 Å². The first kappa shape index (κ1) is 13.3. The standard InChI is InChI=1S/C10H15N3O3S/c1-3-13(6-8(11)12-15)10(14)9-7(16-2)4-5-17-9/h4-5,15H,3,6H2,1-2H3,(H2,11,12). The summed E-state index contributed by atoms with van der Waals surface area (Å²) in [5, 5.41) is 13.1. The predicted octanol–water partition coefficient (Wildman–Crippen LogP) is 0.965. The molecular formula is C10H15N3O3S. The second kappa shape index (κ2) is 6.09. The Labute approximate surface area is 103 Å². The molecule has 94 valence electrons. The molecule has 0 aliphatic heterocycles. The zero-order valence-corrected chi connectivity index (χ0v) is 10.5. The van der Waals surface area contributed by atoms with E-state index in [2.05, 4.69) is 5.16 Å². The van der Waals surface area contributed by atoms with Gasteiger partial charge in [-0.1, -0.05) is 5.16 Å². The molecule has 0 aromatic carbocycles. The van der Waals surface area contributed by atoms with Crippen LogP contribution in [0.5, 0.6) is 5.75 Å². The van der Waals surface area contributed by atoms with Crippen molar-refractivity contribution in [2.45, 2.75) is 6.92 Å². The Hall–Kier alpha value is -1.76. The lowest BCUT2D eigenvalue weighted by molar-refractivity contribution is 0.0788. The number of amides is 1. The topological polar surface area (TPSA) is 88.1 Å². The van der Waals surface area contributed by atoms with Crippen LogP contribution in [0.1, 0.15) is 16.6 Å². The van der Waals surface area contributed by atoms with Gasteiger partial charge in [-0.3, -0.25) is 4.79 Å². The van der Waals surface area contributed by atoms with Crippen molar-refractivity contribution in [1.29, 1.82) is 0 Å². The van der Waals surface area contributed by atoms with Gasteiger partial charge in [-0.05, 0) is 18.4 Å². The fourth-order valence-corrected chi connectivity index (χ4v) is 2.14. The van der Waals surface area contributed by atoms with Crippen LogP contribution < -0.4 is 10.5 Å². The SMILES string of the molecule is CCN(C/C(N)=N/O)C(=O)c1sccc1OC. The van der Waals surface area contributed by atoms with Gasteiger partial charge in [-0.2, -0.15) is 0 Å². The number of methoxy groups -OCH3 is 1. The molecule has 0 aliphatic carbocycles. The maximum Gasteiger partial charge on any atom is 0.268 e. The molecule has 0 bridgehead atoms. The highest BCUT2D eigenvalue weighted by molar-refractivity contribution is 7.12. The maximum atomic E-state index is 12.1. The average Bonchev–Trinajstić information content (AvgIpc) is 2.82. The lowest BCUT2D eigenvalue weighted by Crippen LogP contribution is -2.38. The number of nitrogens with two attached hydrogens (primary N) is 1. The highest BCUT2D eigenvalue weighted by Gasteiger charge is 2.20. The van der Waals surface area contributed by atoms with Crippen molar-refractivity contribution in [3.63, 3.8) is 0 Å². The Kier molecular flexibility index (Phi) is 4.77. The summed E-state index contributed by atoms with van der Waals surface area (Å²) in [4.78, 5) is 14.1. The van der Waals surface area contributed by atoms with E-state index < -0.39 is 0 Å². The Bertz CT molecular complexity index is 417. The average molecular weight is 257 g/mol. The quantitative estimate of drug-likeness (QED) is 0.356. The van der Waals surface area contributed by atoms with Crippen molar-refractivity contribution < 1.29 is 14.7 Å². The summed E-state index contributed by atoms with van der Waals surface area (Å²) >= 11 is 1.30. The Balaban J connectivity index is 2.86. The molecule has 1 aromatic rings. The number of oxime groups is 1. The van der Waals surface area contributed by atoms with Gasteiger partial charge in [0.25, 0.3) is 5.91 Å². The van der Waals surface area contributed by atoms with E-state index in [4.69, 9.17) is 15.7 Å². The Morgan fingerprint density at radius 1 is 1.71 bits per heavy atom. The van der Waals surface area contributed by atoms with Gasteiger partial charge in [0.2, 0.25) is 0 Å². The first-order chi connectivity index (χ1) is 8.13. The summed E-state index contributed by atoms with van der Waals surface area (Å²) < 4.78 is 5.08. The molecule has 3 N–H and O–H groups in total. The molecule has 1 rings (SSSR count). The number of thiophene rings is 1. The number of rotatable bonds is 5. The number of carbonyl (C=O) groups is 1. The van der Waals surface area contributed by atoms with Gasteiger partial charge < -0.3 is 20.6 Å². The number of likely N-dealkylation sites (N-methyl/N-ethyl adjacent to an activating group) is 1.